The molecule has 7 nitrogen and oxygen atoms in total. The maximum atomic E-state index is 13.9. The fourth-order valence-corrected chi connectivity index (χ4v) is 4.60. The first kappa shape index (κ1) is 23.8. The van der Waals surface area contributed by atoms with Crippen LogP contribution in [0.1, 0.15) is 48.5 Å². The number of rotatable bonds is 6. The van der Waals surface area contributed by atoms with Crippen molar-refractivity contribution in [1.29, 1.82) is 0 Å². The number of carbonyl (C=O) groups is 2. The quantitative estimate of drug-likeness (QED) is 0.580. The summed E-state index contributed by atoms with van der Waals surface area (Å²) < 4.78 is 29.6. The molecule has 1 aliphatic rings. The second-order valence-corrected chi connectivity index (χ2v) is 9.22. The number of carbonyl (C=O) groups excluding carboxylic acids is 2. The Morgan fingerprint density at radius 1 is 1.24 bits per heavy atom. The van der Waals surface area contributed by atoms with Gasteiger partial charge in [0.2, 0.25) is 5.91 Å². The highest BCUT2D eigenvalue weighted by atomic mass is 19.1. The summed E-state index contributed by atoms with van der Waals surface area (Å²) in [6.07, 6.45) is 4.47. The molecule has 1 aromatic carbocycles. The number of fused-ring (bicyclic) bond motifs is 1. The SMILES string of the molecule is CC(C)C[C@@H](O)C(=O)N[C@@H]1CN(C(=O)c2cccn3cncc23)CC[C@H]1c1cc(F)cc(F)c1. The molecule has 3 heterocycles. The molecule has 34 heavy (non-hydrogen) atoms. The van der Waals surface area contributed by atoms with Gasteiger partial charge in [-0.3, -0.25) is 9.59 Å². The monoisotopic (exact) mass is 470 g/mol. The van der Waals surface area contributed by atoms with Gasteiger partial charge in [0.15, 0.2) is 0 Å². The van der Waals surface area contributed by atoms with Crippen molar-refractivity contribution in [3.05, 3.63) is 71.8 Å². The van der Waals surface area contributed by atoms with E-state index in [9.17, 15) is 23.5 Å². The fourth-order valence-electron chi connectivity index (χ4n) is 4.60. The van der Waals surface area contributed by atoms with Gasteiger partial charge in [-0.05, 0) is 48.6 Å². The normalized spacial score (nSPS) is 19.4. The molecule has 4 rings (SSSR count). The minimum atomic E-state index is -1.21. The molecule has 9 heteroatoms. The first-order valence-corrected chi connectivity index (χ1v) is 11.4. The van der Waals surface area contributed by atoms with E-state index in [2.05, 4.69) is 10.3 Å². The van der Waals surface area contributed by atoms with Crippen LogP contribution in [0.4, 0.5) is 8.78 Å². The molecule has 180 valence electrons. The van der Waals surface area contributed by atoms with Gasteiger partial charge >= 0.3 is 0 Å². The highest BCUT2D eigenvalue weighted by Crippen LogP contribution is 2.31. The molecular weight excluding hydrogens is 442 g/mol. The Bertz CT molecular complexity index is 1180. The highest BCUT2D eigenvalue weighted by molar-refractivity contribution is 6.00. The average Bonchev–Trinajstić information content (AvgIpc) is 3.26. The predicted molar refractivity (Wildman–Crippen MR) is 122 cm³/mol. The molecule has 0 unspecified atom stereocenters. The van der Waals surface area contributed by atoms with Crippen molar-refractivity contribution < 1.29 is 23.5 Å². The summed E-state index contributed by atoms with van der Waals surface area (Å²) in [4.78, 5) is 31.8. The van der Waals surface area contributed by atoms with E-state index in [1.165, 1.54) is 12.1 Å². The molecular formula is C25H28F2N4O3. The highest BCUT2D eigenvalue weighted by Gasteiger charge is 2.35. The molecule has 0 spiro atoms. The number of piperidine rings is 1. The van der Waals surface area contributed by atoms with Gasteiger partial charge in [0.05, 0.1) is 29.6 Å². The molecule has 2 aromatic heterocycles. The minimum absolute atomic E-state index is 0.106. The maximum absolute atomic E-state index is 13.9. The van der Waals surface area contributed by atoms with Gasteiger partial charge in [0, 0.05) is 31.3 Å². The summed E-state index contributed by atoms with van der Waals surface area (Å²) in [7, 11) is 0. The third kappa shape index (κ3) is 5.09. The van der Waals surface area contributed by atoms with Crippen molar-refractivity contribution in [3.8, 4) is 0 Å². The lowest BCUT2D eigenvalue weighted by atomic mass is 9.84. The molecule has 0 saturated carbocycles. The molecule has 3 atom stereocenters. The summed E-state index contributed by atoms with van der Waals surface area (Å²) in [6, 6.07) is 6.15. The lowest BCUT2D eigenvalue weighted by Gasteiger charge is -2.39. The number of amides is 2. The number of nitrogens with one attached hydrogen (secondary N) is 1. The Morgan fingerprint density at radius 2 is 1.97 bits per heavy atom. The van der Waals surface area contributed by atoms with Crippen LogP contribution in [-0.2, 0) is 4.79 Å². The number of nitrogens with zero attached hydrogens (tertiary/aromatic N) is 3. The molecule has 2 amide bonds. The van der Waals surface area contributed by atoms with Crippen LogP contribution < -0.4 is 5.32 Å². The van der Waals surface area contributed by atoms with Crippen molar-refractivity contribution in [2.45, 2.75) is 44.8 Å². The van der Waals surface area contributed by atoms with E-state index in [1.807, 2.05) is 13.8 Å². The van der Waals surface area contributed by atoms with Crippen molar-refractivity contribution >= 4 is 17.3 Å². The fraction of sp³-hybridized carbons (Fsp3) is 0.400. The molecule has 1 fully saturated rings. The minimum Gasteiger partial charge on any atom is -0.383 e. The summed E-state index contributed by atoms with van der Waals surface area (Å²) in [5, 5.41) is 13.1. The lowest BCUT2D eigenvalue weighted by molar-refractivity contribution is -0.131. The molecule has 0 radical (unpaired) electrons. The molecule has 2 N–H and O–H groups in total. The predicted octanol–water partition coefficient (Wildman–Crippen LogP) is 3.13. The van der Waals surface area contributed by atoms with Gasteiger partial charge in [-0.1, -0.05) is 13.8 Å². The van der Waals surface area contributed by atoms with Crippen molar-refractivity contribution in [2.75, 3.05) is 13.1 Å². The number of benzene rings is 1. The summed E-state index contributed by atoms with van der Waals surface area (Å²) in [5.41, 5.74) is 1.54. The van der Waals surface area contributed by atoms with Gasteiger partial charge in [-0.25, -0.2) is 13.8 Å². The van der Waals surface area contributed by atoms with Gasteiger partial charge in [-0.15, -0.1) is 0 Å². The summed E-state index contributed by atoms with van der Waals surface area (Å²) >= 11 is 0. The summed E-state index contributed by atoms with van der Waals surface area (Å²) in [6.45, 7) is 4.27. The van der Waals surface area contributed by atoms with Crippen LogP contribution in [0.25, 0.3) is 5.52 Å². The Hall–Kier alpha value is -3.33. The van der Waals surface area contributed by atoms with Gasteiger partial charge < -0.3 is 19.7 Å². The molecule has 1 aliphatic heterocycles. The van der Waals surface area contributed by atoms with Crippen LogP contribution in [-0.4, -0.2) is 56.4 Å². The van der Waals surface area contributed by atoms with Gasteiger partial charge in [-0.2, -0.15) is 0 Å². The Kier molecular flexibility index (Phi) is 6.92. The van der Waals surface area contributed by atoms with Crippen LogP contribution >= 0.6 is 0 Å². The van der Waals surface area contributed by atoms with Gasteiger partial charge in [0.25, 0.3) is 5.91 Å². The van der Waals surface area contributed by atoms with Crippen LogP contribution in [0.3, 0.4) is 0 Å². The second kappa shape index (κ2) is 9.89. The van der Waals surface area contributed by atoms with E-state index in [0.29, 0.717) is 29.6 Å². The Morgan fingerprint density at radius 3 is 2.68 bits per heavy atom. The topological polar surface area (TPSA) is 86.9 Å². The number of likely N-dealkylation sites (tertiary alicyclic amines) is 1. The first-order chi connectivity index (χ1) is 16.2. The van der Waals surface area contributed by atoms with E-state index in [0.717, 1.165) is 6.07 Å². The van der Waals surface area contributed by atoms with Gasteiger partial charge in [0.1, 0.15) is 17.7 Å². The van der Waals surface area contributed by atoms with Crippen LogP contribution in [0.5, 0.6) is 0 Å². The van der Waals surface area contributed by atoms with Crippen molar-refractivity contribution in [3.63, 3.8) is 0 Å². The average molecular weight is 471 g/mol. The van der Waals surface area contributed by atoms with E-state index in [-0.39, 0.29) is 24.8 Å². The van der Waals surface area contributed by atoms with E-state index in [4.69, 9.17) is 0 Å². The largest absolute Gasteiger partial charge is 0.383 e. The number of aromatic nitrogens is 2. The number of halogens is 2. The first-order valence-electron chi connectivity index (χ1n) is 11.4. The van der Waals surface area contributed by atoms with E-state index >= 15 is 0 Å². The van der Waals surface area contributed by atoms with E-state index in [1.54, 1.807) is 40.2 Å². The number of imidazole rings is 1. The zero-order chi connectivity index (χ0) is 24.4. The molecule has 0 aliphatic carbocycles. The molecule has 1 saturated heterocycles. The van der Waals surface area contributed by atoms with Crippen molar-refractivity contribution in [1.82, 2.24) is 19.6 Å². The standard InChI is InChI=1S/C25H28F2N4O3/c1-15(2)8-23(32)24(33)29-21-13-30(7-5-19(21)16-9-17(26)11-18(27)10-16)25(34)20-4-3-6-31-14-28-12-22(20)31/h3-4,6,9-12,14-15,19,21,23,32H,5,7-8,13H2,1-2H3,(H,29,33)/t19-,21+,23+/m0/s1. The maximum Gasteiger partial charge on any atom is 0.256 e. The second-order valence-electron chi connectivity index (χ2n) is 9.22. The number of hydrogen-bond acceptors (Lipinski definition) is 4. The summed E-state index contributed by atoms with van der Waals surface area (Å²) in [5.74, 6) is -2.51. The number of aliphatic hydroxyl groups excluding tert-OH is 1. The van der Waals surface area contributed by atoms with Crippen LogP contribution in [0.15, 0.2) is 49.1 Å². The molecule has 0 bridgehead atoms. The number of aliphatic hydroxyl groups is 1. The van der Waals surface area contributed by atoms with Crippen LogP contribution in [0, 0.1) is 17.6 Å². The van der Waals surface area contributed by atoms with E-state index < -0.39 is 35.6 Å². The lowest BCUT2D eigenvalue weighted by Crippen LogP contribution is -2.55. The Balaban J connectivity index is 1.60. The number of pyridine rings is 1. The third-order valence-corrected chi connectivity index (χ3v) is 6.22. The van der Waals surface area contributed by atoms with Crippen molar-refractivity contribution in [2.24, 2.45) is 5.92 Å². The zero-order valence-electron chi connectivity index (χ0n) is 19.1. The third-order valence-electron chi connectivity index (χ3n) is 6.22. The zero-order valence-corrected chi connectivity index (χ0v) is 19.1. The number of hydrogen-bond donors (Lipinski definition) is 2. The van der Waals surface area contributed by atoms with Crippen LogP contribution in [0.2, 0.25) is 0 Å². The Labute approximate surface area is 196 Å². The smallest absolute Gasteiger partial charge is 0.256 e. The molecule has 3 aromatic rings.